The van der Waals surface area contributed by atoms with Crippen molar-refractivity contribution in [3.63, 3.8) is 0 Å². The number of hydrogen-bond donors (Lipinski definition) is 1. The third-order valence-corrected chi connectivity index (χ3v) is 2.89. The van der Waals surface area contributed by atoms with Crippen LogP contribution in [0.15, 0.2) is 18.2 Å². The van der Waals surface area contributed by atoms with Crippen LogP contribution in [0.5, 0.6) is 11.5 Å². The molecule has 0 aliphatic heterocycles. The summed E-state index contributed by atoms with van der Waals surface area (Å²) in [7, 11) is 3.14. The lowest BCUT2D eigenvalue weighted by molar-refractivity contribution is -0.0395. The topological polar surface area (TPSA) is 57.2 Å². The van der Waals surface area contributed by atoms with Gasteiger partial charge < -0.3 is 24.1 Å². The second-order valence-corrected chi connectivity index (χ2v) is 4.43. The first kappa shape index (κ1) is 16.8. The molecule has 2 atom stereocenters. The van der Waals surface area contributed by atoms with Crippen molar-refractivity contribution in [3.8, 4) is 11.5 Å². The number of aliphatic hydroxyl groups excluding tert-OH is 1. The molecule has 0 aliphatic carbocycles. The van der Waals surface area contributed by atoms with E-state index in [0.717, 1.165) is 5.56 Å². The summed E-state index contributed by atoms with van der Waals surface area (Å²) in [6, 6.07) is 5.31. The molecule has 0 aromatic heterocycles. The molecule has 1 rings (SSSR count). The lowest BCUT2D eigenvalue weighted by atomic mass is 10.1. The van der Waals surface area contributed by atoms with Gasteiger partial charge in [-0.15, -0.1) is 0 Å². The Hall–Kier alpha value is -1.30. The van der Waals surface area contributed by atoms with Gasteiger partial charge in [0, 0.05) is 6.61 Å². The van der Waals surface area contributed by atoms with Crippen molar-refractivity contribution < 1.29 is 24.1 Å². The molecule has 0 aliphatic rings. The van der Waals surface area contributed by atoms with E-state index in [0.29, 0.717) is 24.7 Å². The summed E-state index contributed by atoms with van der Waals surface area (Å²) < 4.78 is 21.2. The fourth-order valence-electron chi connectivity index (χ4n) is 1.74. The summed E-state index contributed by atoms with van der Waals surface area (Å²) in [5.41, 5.74) is 0.728. The number of hydrogen-bond acceptors (Lipinski definition) is 5. The van der Waals surface area contributed by atoms with E-state index < -0.39 is 6.10 Å². The van der Waals surface area contributed by atoms with Gasteiger partial charge in [-0.05, 0) is 31.5 Å². The highest BCUT2D eigenvalue weighted by Gasteiger charge is 2.13. The quantitative estimate of drug-likeness (QED) is 0.753. The first-order valence-electron chi connectivity index (χ1n) is 6.71. The average molecular weight is 284 g/mol. The van der Waals surface area contributed by atoms with Crippen LogP contribution >= 0.6 is 0 Å². The van der Waals surface area contributed by atoms with Crippen LogP contribution in [-0.4, -0.2) is 45.3 Å². The van der Waals surface area contributed by atoms with Crippen LogP contribution in [0.2, 0.25) is 0 Å². The molecular weight excluding hydrogens is 260 g/mol. The maximum atomic E-state index is 10.1. The van der Waals surface area contributed by atoms with Crippen LogP contribution in [-0.2, 0) is 9.47 Å². The summed E-state index contributed by atoms with van der Waals surface area (Å²) in [4.78, 5) is 0. The summed E-state index contributed by atoms with van der Waals surface area (Å²) in [5.74, 6) is 1.22. The number of aliphatic hydroxyl groups is 1. The van der Waals surface area contributed by atoms with Crippen LogP contribution in [0.3, 0.4) is 0 Å². The van der Waals surface area contributed by atoms with E-state index >= 15 is 0 Å². The van der Waals surface area contributed by atoms with E-state index in [4.69, 9.17) is 18.9 Å². The minimum Gasteiger partial charge on any atom is -0.493 e. The van der Waals surface area contributed by atoms with E-state index in [1.807, 2.05) is 13.8 Å². The summed E-state index contributed by atoms with van der Waals surface area (Å²) in [6.07, 6.45) is -0.761. The number of rotatable bonds is 9. The molecule has 0 radical (unpaired) electrons. The van der Waals surface area contributed by atoms with Crippen LogP contribution in [0.1, 0.15) is 25.5 Å². The zero-order chi connectivity index (χ0) is 15.0. The van der Waals surface area contributed by atoms with Crippen LogP contribution in [0, 0.1) is 0 Å². The predicted molar refractivity (Wildman–Crippen MR) is 76.4 cm³/mol. The van der Waals surface area contributed by atoms with Gasteiger partial charge in [-0.1, -0.05) is 6.07 Å². The molecule has 0 heterocycles. The van der Waals surface area contributed by atoms with Gasteiger partial charge >= 0.3 is 0 Å². The zero-order valence-corrected chi connectivity index (χ0v) is 12.6. The Bertz CT molecular complexity index is 394. The summed E-state index contributed by atoms with van der Waals surface area (Å²) in [5, 5.41) is 10.1. The molecule has 0 saturated carbocycles. The average Bonchev–Trinajstić information content (AvgIpc) is 2.49. The molecule has 1 aromatic carbocycles. The molecule has 20 heavy (non-hydrogen) atoms. The Balaban J connectivity index is 2.56. The normalized spacial score (nSPS) is 13.8. The molecule has 5 heteroatoms. The highest BCUT2D eigenvalue weighted by Crippen LogP contribution is 2.30. The molecule has 1 aromatic rings. The van der Waals surface area contributed by atoms with E-state index in [2.05, 4.69) is 0 Å². The lowest BCUT2D eigenvalue weighted by Crippen LogP contribution is -2.19. The van der Waals surface area contributed by atoms with Crippen molar-refractivity contribution in [1.29, 1.82) is 0 Å². The van der Waals surface area contributed by atoms with Crippen LogP contribution in [0.4, 0.5) is 0 Å². The Kier molecular flexibility index (Phi) is 7.36. The third-order valence-electron chi connectivity index (χ3n) is 2.89. The van der Waals surface area contributed by atoms with Gasteiger partial charge in [-0.3, -0.25) is 0 Å². The van der Waals surface area contributed by atoms with Gasteiger partial charge in [0.2, 0.25) is 0 Å². The van der Waals surface area contributed by atoms with Crippen LogP contribution in [0.25, 0.3) is 0 Å². The highest BCUT2D eigenvalue weighted by atomic mass is 16.5. The molecule has 0 saturated heterocycles. The highest BCUT2D eigenvalue weighted by molar-refractivity contribution is 5.43. The standard InChI is InChI=1S/C15H24O5/c1-5-19-9-11(2)20-10-13(16)12-6-7-14(17-3)15(8-12)18-4/h6-8,11,13,16H,5,9-10H2,1-4H3. The minimum atomic E-state index is -0.709. The van der Waals surface area contributed by atoms with Gasteiger partial charge in [0.25, 0.3) is 0 Å². The van der Waals surface area contributed by atoms with Gasteiger partial charge in [0.05, 0.1) is 33.5 Å². The second kappa shape index (κ2) is 8.79. The second-order valence-electron chi connectivity index (χ2n) is 4.43. The van der Waals surface area contributed by atoms with E-state index in [1.54, 1.807) is 32.4 Å². The van der Waals surface area contributed by atoms with Crippen molar-refractivity contribution >= 4 is 0 Å². The maximum absolute atomic E-state index is 10.1. The Morgan fingerprint density at radius 1 is 1.10 bits per heavy atom. The molecule has 5 nitrogen and oxygen atoms in total. The fraction of sp³-hybridized carbons (Fsp3) is 0.600. The predicted octanol–water partition coefficient (Wildman–Crippen LogP) is 2.18. The van der Waals surface area contributed by atoms with E-state index in [-0.39, 0.29) is 12.7 Å². The smallest absolute Gasteiger partial charge is 0.161 e. The molecule has 0 fully saturated rings. The fourth-order valence-corrected chi connectivity index (χ4v) is 1.74. The van der Waals surface area contributed by atoms with Gasteiger partial charge in [0.1, 0.15) is 6.10 Å². The zero-order valence-electron chi connectivity index (χ0n) is 12.6. The largest absolute Gasteiger partial charge is 0.493 e. The SMILES string of the molecule is CCOCC(C)OCC(O)c1ccc(OC)c(OC)c1. The molecule has 0 bridgehead atoms. The maximum Gasteiger partial charge on any atom is 0.161 e. The Morgan fingerprint density at radius 3 is 2.40 bits per heavy atom. The van der Waals surface area contributed by atoms with Crippen molar-refractivity contribution in [2.45, 2.75) is 26.1 Å². The van der Waals surface area contributed by atoms with Crippen LogP contribution < -0.4 is 9.47 Å². The number of ether oxygens (including phenoxy) is 4. The van der Waals surface area contributed by atoms with Crippen molar-refractivity contribution in [2.75, 3.05) is 34.0 Å². The first-order valence-corrected chi connectivity index (χ1v) is 6.71. The van der Waals surface area contributed by atoms with Crippen molar-refractivity contribution in [1.82, 2.24) is 0 Å². The van der Waals surface area contributed by atoms with E-state index in [1.165, 1.54) is 0 Å². The summed E-state index contributed by atoms with van der Waals surface area (Å²) in [6.45, 7) is 5.24. The third kappa shape index (κ3) is 5.00. The van der Waals surface area contributed by atoms with Crippen molar-refractivity contribution in [3.05, 3.63) is 23.8 Å². The molecule has 1 N–H and O–H groups in total. The van der Waals surface area contributed by atoms with Gasteiger partial charge in [-0.2, -0.15) is 0 Å². The molecule has 2 unspecified atom stereocenters. The molecule has 0 amide bonds. The van der Waals surface area contributed by atoms with Gasteiger partial charge in [-0.25, -0.2) is 0 Å². The number of methoxy groups -OCH3 is 2. The van der Waals surface area contributed by atoms with Gasteiger partial charge in [0.15, 0.2) is 11.5 Å². The first-order chi connectivity index (χ1) is 9.62. The Morgan fingerprint density at radius 2 is 1.80 bits per heavy atom. The molecule has 114 valence electrons. The van der Waals surface area contributed by atoms with Crippen molar-refractivity contribution in [2.24, 2.45) is 0 Å². The molecule has 0 spiro atoms. The summed E-state index contributed by atoms with van der Waals surface area (Å²) >= 11 is 0. The molecular formula is C15H24O5. The lowest BCUT2D eigenvalue weighted by Gasteiger charge is -2.17. The minimum absolute atomic E-state index is 0.0512. The Labute approximate surface area is 120 Å². The number of benzene rings is 1. The monoisotopic (exact) mass is 284 g/mol. The van der Waals surface area contributed by atoms with E-state index in [9.17, 15) is 5.11 Å².